The van der Waals surface area contributed by atoms with E-state index in [1.807, 2.05) is 14.1 Å². The average Bonchev–Trinajstić information content (AvgIpc) is 2.95. The van der Waals surface area contributed by atoms with Crippen LogP contribution in [0.2, 0.25) is 0 Å². The second-order valence-electron chi connectivity index (χ2n) is 4.70. The van der Waals surface area contributed by atoms with Crippen molar-refractivity contribution in [2.75, 3.05) is 34.2 Å². The van der Waals surface area contributed by atoms with Crippen molar-refractivity contribution in [1.29, 1.82) is 0 Å². The molecule has 2 atom stereocenters. The summed E-state index contributed by atoms with van der Waals surface area (Å²) >= 11 is 0. The van der Waals surface area contributed by atoms with Gasteiger partial charge in [0.15, 0.2) is 0 Å². The first-order chi connectivity index (χ1) is 7.43. The predicted octanol–water partition coefficient (Wildman–Crippen LogP) is 0.117. The Kier molecular flexibility index (Phi) is 4.29. The van der Waals surface area contributed by atoms with Crippen LogP contribution in [-0.4, -0.2) is 61.0 Å². The van der Waals surface area contributed by atoms with Crippen LogP contribution < -0.4 is 0 Å². The van der Waals surface area contributed by atoms with Gasteiger partial charge in [0.2, 0.25) is 5.91 Å². The molecule has 0 heterocycles. The van der Waals surface area contributed by atoms with Crippen LogP contribution in [0, 0.1) is 11.8 Å². The maximum absolute atomic E-state index is 11.7. The quantitative estimate of drug-likeness (QED) is 0.701. The van der Waals surface area contributed by atoms with E-state index in [0.717, 1.165) is 13.0 Å². The van der Waals surface area contributed by atoms with Crippen LogP contribution in [0.25, 0.3) is 0 Å². The van der Waals surface area contributed by atoms with Crippen molar-refractivity contribution in [1.82, 2.24) is 9.80 Å². The molecule has 1 aliphatic carbocycles. The molecule has 92 valence electrons. The maximum atomic E-state index is 11.7. The molecule has 0 aliphatic heterocycles. The van der Waals surface area contributed by atoms with Gasteiger partial charge in [-0.15, -0.1) is 0 Å². The Morgan fingerprint density at radius 1 is 1.19 bits per heavy atom. The Morgan fingerprint density at radius 3 is 2.25 bits per heavy atom. The summed E-state index contributed by atoms with van der Waals surface area (Å²) in [6, 6.07) is 0. The topological polar surface area (TPSA) is 60.9 Å². The standard InChI is InChI=1S/C11H20N2O3/c1-12(2)5-4-6-13(3)10(14)8-7-9(8)11(15)16/h8-9H,4-7H2,1-3H3,(H,15,16)/t8-,9+/m1/s1. The number of carboxylic acid groups (broad SMARTS) is 1. The van der Waals surface area contributed by atoms with Gasteiger partial charge in [-0.2, -0.15) is 0 Å². The van der Waals surface area contributed by atoms with Gasteiger partial charge in [0.1, 0.15) is 0 Å². The highest BCUT2D eigenvalue weighted by Crippen LogP contribution is 2.39. The molecule has 1 rings (SSSR count). The lowest BCUT2D eigenvalue weighted by Crippen LogP contribution is -2.31. The second kappa shape index (κ2) is 5.30. The van der Waals surface area contributed by atoms with Gasteiger partial charge in [-0.3, -0.25) is 9.59 Å². The summed E-state index contributed by atoms with van der Waals surface area (Å²) in [6.07, 6.45) is 1.42. The first-order valence-corrected chi connectivity index (χ1v) is 5.56. The fraction of sp³-hybridized carbons (Fsp3) is 0.818. The number of hydrogen-bond donors (Lipinski definition) is 1. The molecule has 0 unspecified atom stereocenters. The second-order valence-corrected chi connectivity index (χ2v) is 4.70. The van der Waals surface area contributed by atoms with Crippen molar-refractivity contribution in [2.45, 2.75) is 12.8 Å². The Labute approximate surface area is 96.0 Å². The number of rotatable bonds is 6. The molecule has 16 heavy (non-hydrogen) atoms. The zero-order valence-corrected chi connectivity index (χ0v) is 10.1. The van der Waals surface area contributed by atoms with E-state index in [9.17, 15) is 9.59 Å². The van der Waals surface area contributed by atoms with Crippen LogP contribution in [0.15, 0.2) is 0 Å². The molecule has 0 aromatic heterocycles. The van der Waals surface area contributed by atoms with Crippen LogP contribution in [0.4, 0.5) is 0 Å². The van der Waals surface area contributed by atoms with Crippen LogP contribution in [0.3, 0.4) is 0 Å². The monoisotopic (exact) mass is 228 g/mol. The number of aliphatic carboxylic acids is 1. The summed E-state index contributed by atoms with van der Waals surface area (Å²) < 4.78 is 0. The summed E-state index contributed by atoms with van der Waals surface area (Å²) in [5.41, 5.74) is 0. The fourth-order valence-electron chi connectivity index (χ4n) is 1.76. The minimum Gasteiger partial charge on any atom is -0.481 e. The molecule has 1 saturated carbocycles. The largest absolute Gasteiger partial charge is 0.481 e. The first-order valence-electron chi connectivity index (χ1n) is 5.56. The molecular formula is C11H20N2O3. The lowest BCUT2D eigenvalue weighted by molar-refractivity contribution is -0.141. The van der Waals surface area contributed by atoms with E-state index >= 15 is 0 Å². The van der Waals surface area contributed by atoms with Gasteiger partial charge in [-0.1, -0.05) is 0 Å². The molecule has 0 saturated heterocycles. The number of nitrogens with zero attached hydrogens (tertiary/aromatic N) is 2. The van der Waals surface area contributed by atoms with Gasteiger partial charge in [0.05, 0.1) is 11.8 Å². The lowest BCUT2D eigenvalue weighted by atomic mass is 10.2. The molecule has 0 bridgehead atoms. The van der Waals surface area contributed by atoms with Gasteiger partial charge in [-0.05, 0) is 33.5 Å². The zero-order valence-electron chi connectivity index (χ0n) is 10.1. The Bertz CT molecular complexity index is 278. The van der Waals surface area contributed by atoms with Gasteiger partial charge in [0, 0.05) is 13.6 Å². The van der Waals surface area contributed by atoms with Gasteiger partial charge in [0.25, 0.3) is 0 Å². The highest BCUT2D eigenvalue weighted by Gasteiger charge is 2.49. The van der Waals surface area contributed by atoms with Crippen LogP contribution >= 0.6 is 0 Å². The number of carbonyl (C=O) groups is 2. The van der Waals surface area contributed by atoms with Gasteiger partial charge >= 0.3 is 5.97 Å². The highest BCUT2D eigenvalue weighted by molar-refractivity contribution is 5.89. The van der Waals surface area contributed by atoms with E-state index in [1.54, 1.807) is 11.9 Å². The number of carbonyl (C=O) groups excluding carboxylic acids is 1. The van der Waals surface area contributed by atoms with Gasteiger partial charge in [-0.25, -0.2) is 0 Å². The first kappa shape index (κ1) is 13.0. The smallest absolute Gasteiger partial charge is 0.307 e. The third-order valence-corrected chi connectivity index (χ3v) is 2.90. The molecule has 0 radical (unpaired) electrons. The van der Waals surface area contributed by atoms with Crippen molar-refractivity contribution in [3.63, 3.8) is 0 Å². The van der Waals surface area contributed by atoms with E-state index in [4.69, 9.17) is 5.11 Å². The van der Waals surface area contributed by atoms with E-state index in [0.29, 0.717) is 13.0 Å². The number of amides is 1. The third-order valence-electron chi connectivity index (χ3n) is 2.90. The van der Waals surface area contributed by atoms with Crippen LogP contribution in [0.1, 0.15) is 12.8 Å². The van der Waals surface area contributed by atoms with Crippen molar-refractivity contribution in [3.05, 3.63) is 0 Å². The summed E-state index contributed by atoms with van der Waals surface area (Å²) in [5.74, 6) is -1.59. The van der Waals surface area contributed by atoms with E-state index < -0.39 is 11.9 Å². The maximum Gasteiger partial charge on any atom is 0.307 e. The van der Waals surface area contributed by atoms with Crippen LogP contribution in [-0.2, 0) is 9.59 Å². The molecule has 1 fully saturated rings. The normalized spacial score (nSPS) is 23.2. The molecule has 5 nitrogen and oxygen atoms in total. The molecule has 1 aliphatic rings. The summed E-state index contributed by atoms with van der Waals surface area (Å²) in [6.45, 7) is 1.63. The summed E-state index contributed by atoms with van der Waals surface area (Å²) in [7, 11) is 5.72. The molecule has 0 aromatic rings. The minimum atomic E-state index is -0.847. The molecule has 5 heteroatoms. The highest BCUT2D eigenvalue weighted by atomic mass is 16.4. The Balaban J connectivity index is 2.25. The van der Waals surface area contributed by atoms with Crippen molar-refractivity contribution in [3.8, 4) is 0 Å². The summed E-state index contributed by atoms with van der Waals surface area (Å²) in [5, 5.41) is 8.73. The average molecular weight is 228 g/mol. The van der Waals surface area contributed by atoms with Crippen molar-refractivity contribution >= 4 is 11.9 Å². The minimum absolute atomic E-state index is 0.0221. The number of hydrogen-bond acceptors (Lipinski definition) is 3. The zero-order chi connectivity index (χ0) is 12.3. The SMILES string of the molecule is CN(C)CCCN(C)C(=O)[C@@H]1C[C@@H]1C(=O)O. The fourth-order valence-corrected chi connectivity index (χ4v) is 1.76. The molecule has 1 amide bonds. The molecule has 0 spiro atoms. The third kappa shape index (κ3) is 3.48. The van der Waals surface area contributed by atoms with Crippen LogP contribution in [0.5, 0.6) is 0 Å². The molecule has 1 N–H and O–H groups in total. The summed E-state index contributed by atoms with van der Waals surface area (Å²) in [4.78, 5) is 26.1. The molecular weight excluding hydrogens is 208 g/mol. The van der Waals surface area contributed by atoms with Crippen molar-refractivity contribution < 1.29 is 14.7 Å². The lowest BCUT2D eigenvalue weighted by Gasteiger charge is -2.18. The van der Waals surface area contributed by atoms with E-state index in [-0.39, 0.29) is 11.8 Å². The number of carboxylic acids is 1. The van der Waals surface area contributed by atoms with E-state index in [1.165, 1.54) is 0 Å². The van der Waals surface area contributed by atoms with Gasteiger partial charge < -0.3 is 14.9 Å². The Morgan fingerprint density at radius 2 is 1.81 bits per heavy atom. The van der Waals surface area contributed by atoms with E-state index in [2.05, 4.69) is 4.90 Å². The van der Waals surface area contributed by atoms with Crippen molar-refractivity contribution in [2.24, 2.45) is 11.8 Å². The Hall–Kier alpha value is -1.10. The molecule has 0 aromatic carbocycles. The predicted molar refractivity (Wildman–Crippen MR) is 60.0 cm³/mol.